The average molecular weight is 463 g/mol. The first-order valence-corrected chi connectivity index (χ1v) is 12.8. The Labute approximate surface area is 189 Å². The van der Waals surface area contributed by atoms with Crippen molar-refractivity contribution < 1.29 is 18.3 Å². The normalized spacial score (nSPS) is 18.6. The third kappa shape index (κ3) is 5.49. The topological polar surface area (TPSA) is 86.7 Å². The van der Waals surface area contributed by atoms with Crippen LogP contribution in [0.1, 0.15) is 44.4 Å². The minimum absolute atomic E-state index is 0.0760. The van der Waals surface area contributed by atoms with Crippen molar-refractivity contribution in [2.45, 2.75) is 48.9 Å². The fourth-order valence-electron chi connectivity index (χ4n) is 3.55. The van der Waals surface area contributed by atoms with E-state index in [2.05, 4.69) is 26.1 Å². The van der Waals surface area contributed by atoms with Crippen molar-refractivity contribution in [3.63, 3.8) is 0 Å². The van der Waals surface area contributed by atoms with Crippen LogP contribution in [-0.2, 0) is 20.2 Å². The van der Waals surface area contributed by atoms with E-state index in [-0.39, 0.29) is 35.4 Å². The van der Waals surface area contributed by atoms with E-state index in [0.29, 0.717) is 12.2 Å². The summed E-state index contributed by atoms with van der Waals surface area (Å²) in [7, 11) is -3.81. The molecular weight excluding hydrogens is 432 g/mol. The maximum absolute atomic E-state index is 13.3. The van der Waals surface area contributed by atoms with E-state index in [1.54, 1.807) is 12.1 Å². The van der Waals surface area contributed by atoms with Gasteiger partial charge in [-0.25, -0.2) is 8.42 Å². The molecule has 1 saturated heterocycles. The first-order chi connectivity index (χ1) is 14.6. The van der Waals surface area contributed by atoms with Crippen LogP contribution in [0.2, 0.25) is 0 Å². The van der Waals surface area contributed by atoms with Crippen LogP contribution in [0.15, 0.2) is 59.5 Å². The number of rotatable bonds is 7. The molecule has 2 aromatic carbocycles. The molecule has 0 radical (unpaired) electrons. The Morgan fingerprint density at radius 3 is 2.39 bits per heavy atom. The minimum atomic E-state index is -3.81. The Kier molecular flexibility index (Phi) is 7.47. The predicted octanol–water partition coefficient (Wildman–Crippen LogP) is 3.29. The van der Waals surface area contributed by atoms with E-state index in [0.717, 1.165) is 11.1 Å². The van der Waals surface area contributed by atoms with Gasteiger partial charge < -0.3 is 10.4 Å². The molecule has 0 saturated carbocycles. The van der Waals surface area contributed by atoms with E-state index in [1.807, 2.05) is 42.5 Å². The van der Waals surface area contributed by atoms with Crippen molar-refractivity contribution in [2.24, 2.45) is 0 Å². The van der Waals surface area contributed by atoms with Crippen molar-refractivity contribution >= 4 is 27.7 Å². The summed E-state index contributed by atoms with van der Waals surface area (Å²) in [6.07, 6.45) is 0.355. The number of hydrogen-bond donors (Lipinski definition) is 2. The highest BCUT2D eigenvalue weighted by molar-refractivity contribution is 8.02. The predicted molar refractivity (Wildman–Crippen MR) is 124 cm³/mol. The number of hydrogen-bond acceptors (Lipinski definition) is 5. The highest BCUT2D eigenvalue weighted by Gasteiger charge is 2.40. The van der Waals surface area contributed by atoms with Gasteiger partial charge in [-0.3, -0.25) is 4.79 Å². The number of nitrogens with zero attached hydrogens (tertiary/aromatic N) is 1. The monoisotopic (exact) mass is 462 g/mol. The van der Waals surface area contributed by atoms with Crippen LogP contribution in [0.4, 0.5) is 0 Å². The lowest BCUT2D eigenvalue weighted by atomic mass is 9.87. The molecule has 8 heteroatoms. The van der Waals surface area contributed by atoms with Gasteiger partial charge in [0.1, 0.15) is 5.37 Å². The van der Waals surface area contributed by atoms with Gasteiger partial charge in [0.15, 0.2) is 0 Å². The van der Waals surface area contributed by atoms with Gasteiger partial charge in [0.05, 0.1) is 10.9 Å². The van der Waals surface area contributed by atoms with Crippen molar-refractivity contribution in [2.75, 3.05) is 18.9 Å². The second-order valence-electron chi connectivity index (χ2n) is 8.60. The zero-order valence-electron chi connectivity index (χ0n) is 18.1. The SMILES string of the molecule is CC(C)(C)c1ccc(S(=O)(=O)N2CCS[C@H]2C(=O)NC(CCO)c2ccccc2)cc1. The molecule has 2 N–H and O–H groups in total. The molecule has 3 rings (SSSR count). The Balaban J connectivity index is 1.80. The summed E-state index contributed by atoms with van der Waals surface area (Å²) in [5, 5.41) is 11.5. The standard InChI is InChI=1S/C23H30N2O4S2/c1-23(2,3)18-9-11-19(12-10-18)31(28,29)25-14-16-30-22(25)21(27)24-20(13-15-26)17-7-5-4-6-8-17/h4-12,20,22,26H,13-16H2,1-3H3,(H,24,27)/t20?,22-/m0/s1. The molecule has 31 heavy (non-hydrogen) atoms. The van der Waals surface area contributed by atoms with Gasteiger partial charge in [-0.05, 0) is 35.1 Å². The molecule has 1 aliphatic heterocycles. The Bertz CT molecular complexity index is 986. The second kappa shape index (κ2) is 9.73. The maximum Gasteiger partial charge on any atom is 0.249 e. The maximum atomic E-state index is 13.3. The second-order valence-corrected chi connectivity index (χ2v) is 11.7. The molecule has 1 unspecified atom stereocenters. The van der Waals surface area contributed by atoms with Crippen LogP contribution in [0.3, 0.4) is 0 Å². The summed E-state index contributed by atoms with van der Waals surface area (Å²) in [5.41, 5.74) is 1.85. The molecule has 1 amide bonds. The number of aliphatic hydroxyl groups is 1. The quantitative estimate of drug-likeness (QED) is 0.659. The van der Waals surface area contributed by atoms with Crippen LogP contribution >= 0.6 is 11.8 Å². The third-order valence-corrected chi connectivity index (χ3v) is 8.55. The molecule has 0 spiro atoms. The van der Waals surface area contributed by atoms with Crippen molar-refractivity contribution in [1.82, 2.24) is 9.62 Å². The molecule has 1 fully saturated rings. The summed E-state index contributed by atoms with van der Waals surface area (Å²) < 4.78 is 27.8. The van der Waals surface area contributed by atoms with E-state index in [4.69, 9.17) is 0 Å². The first kappa shape index (κ1) is 23.8. The number of aliphatic hydroxyl groups excluding tert-OH is 1. The van der Waals surface area contributed by atoms with E-state index in [1.165, 1.54) is 16.1 Å². The minimum Gasteiger partial charge on any atom is -0.396 e. The molecule has 1 heterocycles. The van der Waals surface area contributed by atoms with Gasteiger partial charge in [-0.15, -0.1) is 11.8 Å². The largest absolute Gasteiger partial charge is 0.396 e. The Morgan fingerprint density at radius 1 is 1.16 bits per heavy atom. The van der Waals surface area contributed by atoms with Gasteiger partial charge in [-0.1, -0.05) is 63.2 Å². The number of carbonyl (C=O) groups excluding carboxylic acids is 1. The number of thioether (sulfide) groups is 1. The van der Waals surface area contributed by atoms with Gasteiger partial charge >= 0.3 is 0 Å². The Morgan fingerprint density at radius 2 is 1.81 bits per heavy atom. The number of amides is 1. The Hall–Kier alpha value is -1.87. The van der Waals surface area contributed by atoms with Crippen molar-refractivity contribution in [1.29, 1.82) is 0 Å². The van der Waals surface area contributed by atoms with Gasteiger partial charge in [0, 0.05) is 18.9 Å². The lowest BCUT2D eigenvalue weighted by Gasteiger charge is -2.26. The lowest BCUT2D eigenvalue weighted by molar-refractivity contribution is -0.123. The number of carbonyl (C=O) groups is 1. The molecule has 2 atom stereocenters. The van der Waals surface area contributed by atoms with Crippen molar-refractivity contribution in [3.8, 4) is 0 Å². The molecule has 2 aromatic rings. The summed E-state index contributed by atoms with van der Waals surface area (Å²) in [6.45, 7) is 6.42. The van der Waals surface area contributed by atoms with Crippen LogP contribution in [0, 0.1) is 0 Å². The molecule has 0 bridgehead atoms. The zero-order chi connectivity index (χ0) is 22.6. The van der Waals surface area contributed by atoms with Crippen molar-refractivity contribution in [3.05, 3.63) is 65.7 Å². The van der Waals surface area contributed by atoms with Crippen LogP contribution < -0.4 is 5.32 Å². The molecule has 0 aliphatic carbocycles. The molecule has 1 aliphatic rings. The summed E-state index contributed by atoms with van der Waals surface area (Å²) in [6, 6.07) is 15.9. The van der Waals surface area contributed by atoms with E-state index < -0.39 is 15.4 Å². The van der Waals surface area contributed by atoms with Crippen LogP contribution in [0.25, 0.3) is 0 Å². The fourth-order valence-corrected chi connectivity index (χ4v) is 6.63. The van der Waals surface area contributed by atoms with E-state index in [9.17, 15) is 18.3 Å². The molecular formula is C23H30N2O4S2. The number of benzene rings is 2. The summed E-state index contributed by atoms with van der Waals surface area (Å²) in [5.74, 6) is 0.188. The third-order valence-electron chi connectivity index (χ3n) is 5.34. The molecule has 0 aromatic heterocycles. The first-order valence-electron chi connectivity index (χ1n) is 10.3. The zero-order valence-corrected chi connectivity index (χ0v) is 19.7. The lowest BCUT2D eigenvalue weighted by Crippen LogP contribution is -2.45. The van der Waals surface area contributed by atoms with Gasteiger partial charge in [0.2, 0.25) is 15.9 Å². The number of nitrogens with one attached hydrogen (secondary N) is 1. The van der Waals surface area contributed by atoms with Crippen LogP contribution in [0.5, 0.6) is 0 Å². The van der Waals surface area contributed by atoms with Crippen LogP contribution in [-0.4, -0.2) is 48.0 Å². The number of sulfonamides is 1. The highest BCUT2D eigenvalue weighted by atomic mass is 32.2. The van der Waals surface area contributed by atoms with E-state index >= 15 is 0 Å². The summed E-state index contributed by atoms with van der Waals surface area (Å²) >= 11 is 1.32. The van der Waals surface area contributed by atoms with Gasteiger partial charge in [-0.2, -0.15) is 4.31 Å². The average Bonchev–Trinajstić information content (AvgIpc) is 3.24. The molecule has 6 nitrogen and oxygen atoms in total. The highest BCUT2D eigenvalue weighted by Crippen LogP contribution is 2.32. The smallest absolute Gasteiger partial charge is 0.249 e. The molecule has 168 valence electrons. The fraction of sp³-hybridized carbons (Fsp3) is 0.435. The van der Waals surface area contributed by atoms with Gasteiger partial charge in [0.25, 0.3) is 0 Å². The summed E-state index contributed by atoms with van der Waals surface area (Å²) in [4.78, 5) is 13.2.